The fourth-order valence-electron chi connectivity index (χ4n) is 2.44. The molecule has 146 valence electrons. The van der Waals surface area contributed by atoms with Gasteiger partial charge < -0.3 is 15.2 Å². The highest BCUT2D eigenvalue weighted by molar-refractivity contribution is 5.97. The molecule has 1 aromatic carbocycles. The van der Waals surface area contributed by atoms with Gasteiger partial charge in [0.25, 0.3) is 5.91 Å². The minimum atomic E-state index is -4.51. The number of nitrogens with zero attached hydrogens (tertiary/aromatic N) is 2. The molecule has 10 heteroatoms. The highest BCUT2D eigenvalue weighted by atomic mass is 19.4. The summed E-state index contributed by atoms with van der Waals surface area (Å²) in [7, 11) is 1.41. The fraction of sp³-hybridized carbons (Fsp3) is 0.353. The number of ether oxygens (including phenoxy) is 1. The summed E-state index contributed by atoms with van der Waals surface area (Å²) in [5.41, 5.74) is -0.360. The van der Waals surface area contributed by atoms with Gasteiger partial charge in [0.15, 0.2) is 0 Å². The van der Waals surface area contributed by atoms with Gasteiger partial charge in [0, 0.05) is 20.1 Å². The first kappa shape index (κ1) is 20.4. The van der Waals surface area contributed by atoms with E-state index in [1.807, 2.05) is 0 Å². The van der Waals surface area contributed by atoms with E-state index >= 15 is 0 Å². The molecule has 1 atom stereocenters. The third-order valence-corrected chi connectivity index (χ3v) is 3.89. The molecule has 1 heterocycles. The molecule has 2 N–H and O–H groups in total. The minimum Gasteiger partial charge on any atom is -0.480 e. The van der Waals surface area contributed by atoms with Crippen LogP contribution >= 0.6 is 0 Å². The lowest BCUT2D eigenvalue weighted by Gasteiger charge is -2.14. The van der Waals surface area contributed by atoms with Crippen LogP contribution in [0.25, 0.3) is 5.69 Å². The van der Waals surface area contributed by atoms with Gasteiger partial charge >= 0.3 is 12.1 Å². The average molecular weight is 385 g/mol. The van der Waals surface area contributed by atoms with Gasteiger partial charge in [0.2, 0.25) is 0 Å². The zero-order valence-electron chi connectivity index (χ0n) is 14.6. The molecule has 0 radical (unpaired) electrons. The Morgan fingerprint density at radius 2 is 2.07 bits per heavy atom. The summed E-state index contributed by atoms with van der Waals surface area (Å²) in [5, 5.41) is 15.5. The molecule has 0 aliphatic carbocycles. The number of alkyl halides is 3. The number of carboxylic acid groups (broad SMARTS) is 1. The van der Waals surface area contributed by atoms with Crippen molar-refractivity contribution in [3.05, 3.63) is 47.3 Å². The molecule has 2 aromatic rings. The molecule has 1 unspecified atom stereocenters. The number of carbonyl (C=O) groups is 2. The van der Waals surface area contributed by atoms with Crippen LogP contribution in [0.3, 0.4) is 0 Å². The molecule has 27 heavy (non-hydrogen) atoms. The monoisotopic (exact) mass is 385 g/mol. The zero-order valence-corrected chi connectivity index (χ0v) is 14.6. The van der Waals surface area contributed by atoms with Crippen molar-refractivity contribution in [1.29, 1.82) is 0 Å². The number of nitrogens with one attached hydrogen (secondary N) is 1. The lowest BCUT2D eigenvalue weighted by Crippen LogP contribution is -2.41. The normalized spacial score (nSPS) is 12.6. The van der Waals surface area contributed by atoms with Gasteiger partial charge in [-0.15, -0.1) is 0 Å². The number of hydrogen-bond donors (Lipinski definition) is 2. The number of amides is 1. The van der Waals surface area contributed by atoms with Crippen molar-refractivity contribution in [2.45, 2.75) is 25.6 Å². The summed E-state index contributed by atoms with van der Waals surface area (Å²) in [5.74, 6) is -1.91. The number of methoxy groups -OCH3 is 1. The summed E-state index contributed by atoms with van der Waals surface area (Å²) in [4.78, 5) is 23.6. The van der Waals surface area contributed by atoms with Crippen molar-refractivity contribution in [2.24, 2.45) is 0 Å². The first-order chi connectivity index (χ1) is 12.6. The van der Waals surface area contributed by atoms with E-state index in [1.54, 1.807) is 0 Å². The van der Waals surface area contributed by atoms with Gasteiger partial charge in [-0.2, -0.15) is 18.3 Å². The number of aliphatic carboxylic acids is 1. The van der Waals surface area contributed by atoms with E-state index in [1.165, 1.54) is 37.0 Å². The molecule has 0 saturated heterocycles. The molecule has 7 nitrogen and oxygen atoms in total. The molecular formula is C17H18F3N3O4. The fourth-order valence-corrected chi connectivity index (χ4v) is 2.44. The predicted molar refractivity (Wildman–Crippen MR) is 88.7 cm³/mol. The number of carboxylic acids is 1. The van der Waals surface area contributed by atoms with E-state index < -0.39 is 29.7 Å². The van der Waals surface area contributed by atoms with Crippen LogP contribution in [-0.4, -0.2) is 46.5 Å². The first-order valence-corrected chi connectivity index (χ1v) is 7.90. The van der Waals surface area contributed by atoms with Gasteiger partial charge in [-0.05, 0) is 25.1 Å². The third kappa shape index (κ3) is 4.85. The maximum absolute atomic E-state index is 12.9. The molecule has 1 amide bonds. The molecule has 0 spiro atoms. The number of halogens is 3. The second-order valence-electron chi connectivity index (χ2n) is 5.75. The van der Waals surface area contributed by atoms with Gasteiger partial charge in [-0.25, -0.2) is 9.48 Å². The van der Waals surface area contributed by atoms with E-state index in [2.05, 4.69) is 10.4 Å². The number of rotatable bonds is 7. The van der Waals surface area contributed by atoms with Crippen LogP contribution in [0, 0.1) is 6.92 Å². The SMILES string of the molecule is COCCC(NC(=O)c1cnn(-c2cccc(C(F)(F)F)c2)c1C)C(=O)O. The number of hydrogen-bond acceptors (Lipinski definition) is 4. The Morgan fingerprint density at radius 3 is 2.67 bits per heavy atom. The minimum absolute atomic E-state index is 0.0658. The Bertz CT molecular complexity index is 833. The third-order valence-electron chi connectivity index (χ3n) is 3.89. The Labute approximate surface area is 152 Å². The van der Waals surface area contributed by atoms with Crippen molar-refractivity contribution in [3.63, 3.8) is 0 Å². The van der Waals surface area contributed by atoms with Crippen molar-refractivity contribution < 1.29 is 32.6 Å². The molecule has 1 aromatic heterocycles. The van der Waals surface area contributed by atoms with Gasteiger partial charge in [-0.1, -0.05) is 6.07 Å². The maximum atomic E-state index is 12.9. The van der Waals surface area contributed by atoms with Crippen LogP contribution in [-0.2, 0) is 15.7 Å². The van der Waals surface area contributed by atoms with Crippen LogP contribution in [0.2, 0.25) is 0 Å². The van der Waals surface area contributed by atoms with E-state index in [4.69, 9.17) is 9.84 Å². The largest absolute Gasteiger partial charge is 0.480 e. The summed E-state index contributed by atoms with van der Waals surface area (Å²) in [6.07, 6.45) is -3.26. The van der Waals surface area contributed by atoms with Crippen LogP contribution < -0.4 is 5.32 Å². The van der Waals surface area contributed by atoms with Crippen LogP contribution in [0.5, 0.6) is 0 Å². The second kappa shape index (κ2) is 8.21. The van der Waals surface area contributed by atoms with E-state index in [-0.39, 0.29) is 30.0 Å². The van der Waals surface area contributed by atoms with Crippen LogP contribution in [0.15, 0.2) is 30.5 Å². The zero-order chi connectivity index (χ0) is 20.2. The molecule has 2 rings (SSSR count). The maximum Gasteiger partial charge on any atom is 0.416 e. The highest BCUT2D eigenvalue weighted by Gasteiger charge is 2.31. The highest BCUT2D eigenvalue weighted by Crippen LogP contribution is 2.30. The lowest BCUT2D eigenvalue weighted by atomic mass is 10.1. The number of benzene rings is 1. The van der Waals surface area contributed by atoms with Crippen LogP contribution in [0.4, 0.5) is 13.2 Å². The lowest BCUT2D eigenvalue weighted by molar-refractivity contribution is -0.140. The van der Waals surface area contributed by atoms with Gasteiger partial charge in [0.05, 0.1) is 28.7 Å². The Morgan fingerprint density at radius 1 is 1.37 bits per heavy atom. The molecule has 0 aliphatic heterocycles. The smallest absolute Gasteiger partial charge is 0.416 e. The van der Waals surface area contributed by atoms with Gasteiger partial charge in [0.1, 0.15) is 6.04 Å². The molecule has 0 bridgehead atoms. The summed E-state index contributed by atoms with van der Waals surface area (Å²) < 4.78 is 44.6. The van der Waals surface area contributed by atoms with E-state index in [0.29, 0.717) is 0 Å². The predicted octanol–water partition coefficient (Wildman–Crippen LogP) is 2.42. The van der Waals surface area contributed by atoms with E-state index in [0.717, 1.165) is 12.1 Å². The van der Waals surface area contributed by atoms with Crippen molar-refractivity contribution in [2.75, 3.05) is 13.7 Å². The second-order valence-corrected chi connectivity index (χ2v) is 5.75. The Kier molecular flexibility index (Phi) is 6.21. The van der Waals surface area contributed by atoms with Crippen molar-refractivity contribution in [1.82, 2.24) is 15.1 Å². The summed E-state index contributed by atoms with van der Waals surface area (Å²) in [6.45, 7) is 1.65. The van der Waals surface area contributed by atoms with E-state index in [9.17, 15) is 22.8 Å². The van der Waals surface area contributed by atoms with Crippen LogP contribution in [0.1, 0.15) is 28.0 Å². The summed E-state index contributed by atoms with van der Waals surface area (Å²) >= 11 is 0. The molecule has 0 aliphatic rings. The number of aromatic nitrogens is 2. The van der Waals surface area contributed by atoms with Crippen molar-refractivity contribution in [3.8, 4) is 5.69 Å². The number of carbonyl (C=O) groups excluding carboxylic acids is 1. The quantitative estimate of drug-likeness (QED) is 0.764. The standard InChI is InChI=1S/C17H18F3N3O4/c1-10-13(15(24)22-14(16(25)26)6-7-27-2)9-21-23(10)12-5-3-4-11(8-12)17(18,19)20/h3-5,8-9,14H,6-7H2,1-2H3,(H,22,24)(H,25,26). The van der Waals surface area contributed by atoms with Crippen molar-refractivity contribution >= 4 is 11.9 Å². The summed E-state index contributed by atoms with van der Waals surface area (Å²) in [6, 6.07) is 3.36. The average Bonchev–Trinajstić information content (AvgIpc) is 2.99. The Hall–Kier alpha value is -2.88. The van der Waals surface area contributed by atoms with Gasteiger partial charge in [-0.3, -0.25) is 4.79 Å². The topological polar surface area (TPSA) is 93.5 Å². The molecular weight excluding hydrogens is 367 g/mol. The first-order valence-electron chi connectivity index (χ1n) is 7.90. The molecule has 0 fully saturated rings. The Balaban J connectivity index is 2.26. The molecule has 0 saturated carbocycles.